The van der Waals surface area contributed by atoms with Crippen molar-refractivity contribution in [3.8, 4) is 0 Å². The maximum Gasteiger partial charge on any atom is 0.251 e. The summed E-state index contributed by atoms with van der Waals surface area (Å²) < 4.78 is 0. The highest BCUT2D eigenvalue weighted by molar-refractivity contribution is 5.96. The van der Waals surface area contributed by atoms with Crippen LogP contribution in [0.3, 0.4) is 0 Å². The largest absolute Gasteiger partial charge is 0.321 e. The van der Waals surface area contributed by atoms with E-state index in [9.17, 15) is 4.79 Å². The van der Waals surface area contributed by atoms with Crippen molar-refractivity contribution in [2.45, 2.75) is 27.2 Å². The summed E-state index contributed by atoms with van der Waals surface area (Å²) in [6, 6.07) is 0. The van der Waals surface area contributed by atoms with Gasteiger partial charge in [-0.05, 0) is 30.5 Å². The standard InChI is InChI=1S/C14H20N2O/c1-6-11(9-15-5)16-13(17)12-8-7-10(2)14(12,3)4/h6,8-10H,1,5,7H2,2-4H3,(H,16,17). The van der Waals surface area contributed by atoms with Crippen LogP contribution in [0.5, 0.6) is 0 Å². The minimum Gasteiger partial charge on any atom is -0.321 e. The SMILES string of the molecule is C=CC(=CN=C)NC(=O)C1=CCC(C)C1(C)C. The number of rotatable bonds is 4. The summed E-state index contributed by atoms with van der Waals surface area (Å²) >= 11 is 0. The van der Waals surface area contributed by atoms with E-state index in [2.05, 4.69) is 44.4 Å². The molecule has 1 N–H and O–H groups in total. The number of carbonyl (C=O) groups excluding carboxylic acids is 1. The van der Waals surface area contributed by atoms with E-state index in [-0.39, 0.29) is 11.3 Å². The van der Waals surface area contributed by atoms with Crippen LogP contribution >= 0.6 is 0 Å². The number of hydrogen-bond acceptors (Lipinski definition) is 2. The molecule has 92 valence electrons. The fraction of sp³-hybridized carbons (Fsp3) is 0.429. The Morgan fingerprint density at radius 3 is 2.71 bits per heavy atom. The number of amides is 1. The molecular formula is C14H20N2O. The lowest BCUT2D eigenvalue weighted by Crippen LogP contribution is -2.31. The van der Waals surface area contributed by atoms with Crippen LogP contribution in [0.15, 0.2) is 41.2 Å². The van der Waals surface area contributed by atoms with Gasteiger partial charge in [0, 0.05) is 11.8 Å². The molecule has 3 nitrogen and oxygen atoms in total. The summed E-state index contributed by atoms with van der Waals surface area (Å²) in [7, 11) is 0. The van der Waals surface area contributed by atoms with Crippen molar-refractivity contribution < 1.29 is 4.79 Å². The summed E-state index contributed by atoms with van der Waals surface area (Å²) in [6.07, 6.45) is 6.00. The van der Waals surface area contributed by atoms with E-state index in [0.29, 0.717) is 11.6 Å². The Morgan fingerprint density at radius 1 is 1.65 bits per heavy atom. The van der Waals surface area contributed by atoms with Crippen molar-refractivity contribution in [2.24, 2.45) is 16.3 Å². The molecule has 0 aliphatic heterocycles. The smallest absolute Gasteiger partial charge is 0.251 e. The van der Waals surface area contributed by atoms with Crippen LogP contribution in [-0.4, -0.2) is 12.6 Å². The van der Waals surface area contributed by atoms with Gasteiger partial charge in [-0.1, -0.05) is 33.4 Å². The normalized spacial score (nSPS) is 22.9. The zero-order valence-electron chi connectivity index (χ0n) is 10.8. The zero-order valence-corrected chi connectivity index (χ0v) is 10.8. The van der Waals surface area contributed by atoms with Gasteiger partial charge in [0.2, 0.25) is 0 Å². The van der Waals surface area contributed by atoms with Gasteiger partial charge in [-0.3, -0.25) is 9.79 Å². The Bertz CT molecular complexity index is 402. The van der Waals surface area contributed by atoms with Crippen molar-refractivity contribution >= 4 is 12.6 Å². The summed E-state index contributed by atoms with van der Waals surface area (Å²) in [5, 5.41) is 2.79. The van der Waals surface area contributed by atoms with Crippen molar-refractivity contribution in [3.63, 3.8) is 0 Å². The number of hydrogen-bond donors (Lipinski definition) is 1. The van der Waals surface area contributed by atoms with Crippen LogP contribution in [0.1, 0.15) is 27.2 Å². The summed E-state index contributed by atoms with van der Waals surface area (Å²) in [6.45, 7) is 13.3. The Labute approximate surface area is 103 Å². The summed E-state index contributed by atoms with van der Waals surface area (Å²) in [5.41, 5.74) is 1.32. The fourth-order valence-corrected chi connectivity index (χ4v) is 1.94. The topological polar surface area (TPSA) is 41.5 Å². The quantitative estimate of drug-likeness (QED) is 0.587. The van der Waals surface area contributed by atoms with Gasteiger partial charge in [-0.15, -0.1) is 0 Å². The molecule has 0 fully saturated rings. The van der Waals surface area contributed by atoms with Gasteiger partial charge in [0.15, 0.2) is 0 Å². The fourth-order valence-electron chi connectivity index (χ4n) is 1.94. The average Bonchev–Trinajstić information content (AvgIpc) is 2.53. The number of nitrogens with zero attached hydrogens (tertiary/aromatic N) is 1. The number of carbonyl (C=O) groups is 1. The molecule has 1 rings (SSSR count). The van der Waals surface area contributed by atoms with E-state index in [4.69, 9.17) is 0 Å². The second-order valence-corrected chi connectivity index (χ2v) is 4.90. The monoisotopic (exact) mass is 232 g/mol. The molecule has 1 aliphatic rings. The van der Waals surface area contributed by atoms with Gasteiger partial charge in [0.05, 0.1) is 5.70 Å². The van der Waals surface area contributed by atoms with E-state index in [1.54, 1.807) is 6.08 Å². The first-order valence-corrected chi connectivity index (χ1v) is 5.74. The van der Waals surface area contributed by atoms with E-state index < -0.39 is 0 Å². The average molecular weight is 232 g/mol. The molecule has 1 aliphatic carbocycles. The highest BCUT2D eigenvalue weighted by Gasteiger charge is 2.37. The Kier molecular flexibility index (Phi) is 4.05. The molecule has 0 bridgehead atoms. The van der Waals surface area contributed by atoms with Gasteiger partial charge in [-0.25, -0.2) is 0 Å². The van der Waals surface area contributed by atoms with E-state index in [0.717, 1.165) is 12.0 Å². The third-order valence-corrected chi connectivity index (χ3v) is 3.55. The second kappa shape index (κ2) is 5.13. The van der Waals surface area contributed by atoms with E-state index in [1.165, 1.54) is 6.20 Å². The first kappa shape index (κ1) is 13.4. The maximum atomic E-state index is 12.1. The molecule has 0 aromatic heterocycles. The first-order chi connectivity index (χ1) is 7.93. The Balaban J connectivity index is 2.82. The molecule has 0 saturated heterocycles. The van der Waals surface area contributed by atoms with Gasteiger partial charge in [-0.2, -0.15) is 0 Å². The van der Waals surface area contributed by atoms with Gasteiger partial charge < -0.3 is 5.32 Å². The van der Waals surface area contributed by atoms with Gasteiger partial charge in [0.1, 0.15) is 0 Å². The lowest BCUT2D eigenvalue weighted by atomic mass is 9.78. The Hall–Kier alpha value is -1.64. The van der Waals surface area contributed by atoms with E-state index >= 15 is 0 Å². The van der Waals surface area contributed by atoms with Crippen LogP contribution in [0, 0.1) is 11.3 Å². The maximum absolute atomic E-state index is 12.1. The van der Waals surface area contributed by atoms with E-state index in [1.807, 2.05) is 6.08 Å². The zero-order chi connectivity index (χ0) is 13.1. The molecule has 0 aromatic rings. The summed E-state index contributed by atoms with van der Waals surface area (Å²) in [4.78, 5) is 15.7. The van der Waals surface area contributed by atoms with Crippen LogP contribution < -0.4 is 5.32 Å². The third-order valence-electron chi connectivity index (χ3n) is 3.55. The predicted octanol–water partition coefficient (Wildman–Crippen LogP) is 2.82. The molecular weight excluding hydrogens is 212 g/mol. The number of aliphatic imine (C=N–C) groups is 1. The Morgan fingerprint density at radius 2 is 2.29 bits per heavy atom. The molecule has 1 amide bonds. The van der Waals surface area contributed by atoms with Crippen LogP contribution in [0.4, 0.5) is 0 Å². The predicted molar refractivity (Wildman–Crippen MR) is 71.6 cm³/mol. The molecule has 0 aromatic carbocycles. The van der Waals surface area contributed by atoms with Gasteiger partial charge >= 0.3 is 0 Å². The molecule has 0 spiro atoms. The highest BCUT2D eigenvalue weighted by Crippen LogP contribution is 2.42. The molecule has 1 atom stereocenters. The van der Waals surface area contributed by atoms with Crippen LogP contribution in [0.25, 0.3) is 0 Å². The number of nitrogens with one attached hydrogen (secondary N) is 1. The third kappa shape index (κ3) is 2.73. The lowest BCUT2D eigenvalue weighted by Gasteiger charge is -2.27. The first-order valence-electron chi connectivity index (χ1n) is 5.74. The van der Waals surface area contributed by atoms with Crippen molar-refractivity contribution in [2.75, 3.05) is 0 Å². The minimum atomic E-state index is -0.0853. The molecule has 0 saturated carbocycles. The van der Waals surface area contributed by atoms with Gasteiger partial charge in [0.25, 0.3) is 5.91 Å². The molecule has 0 heterocycles. The molecule has 0 radical (unpaired) electrons. The summed E-state index contributed by atoms with van der Waals surface area (Å²) in [5.74, 6) is 0.408. The van der Waals surface area contributed by atoms with Crippen molar-refractivity contribution in [1.29, 1.82) is 0 Å². The molecule has 1 unspecified atom stereocenters. The minimum absolute atomic E-state index is 0.0749. The van der Waals surface area contributed by atoms with Crippen LogP contribution in [-0.2, 0) is 4.79 Å². The van der Waals surface area contributed by atoms with Crippen LogP contribution in [0.2, 0.25) is 0 Å². The van der Waals surface area contributed by atoms with Crippen molar-refractivity contribution in [3.05, 3.63) is 36.2 Å². The number of allylic oxidation sites excluding steroid dienone is 2. The second-order valence-electron chi connectivity index (χ2n) is 4.90. The van der Waals surface area contributed by atoms with Crippen molar-refractivity contribution in [1.82, 2.24) is 5.32 Å². The molecule has 3 heteroatoms. The molecule has 17 heavy (non-hydrogen) atoms. The highest BCUT2D eigenvalue weighted by atomic mass is 16.1. The lowest BCUT2D eigenvalue weighted by molar-refractivity contribution is -0.117.